The van der Waals surface area contributed by atoms with Crippen molar-refractivity contribution in [2.75, 3.05) is 13.1 Å². The predicted molar refractivity (Wildman–Crippen MR) is 137 cm³/mol. The molecule has 39 heavy (non-hydrogen) atoms. The van der Waals surface area contributed by atoms with Crippen LogP contribution in [0, 0.1) is 12.7 Å². The first-order valence-corrected chi connectivity index (χ1v) is 12.3. The summed E-state index contributed by atoms with van der Waals surface area (Å²) in [7, 11) is 0. The lowest BCUT2D eigenvalue weighted by Gasteiger charge is -2.15. The van der Waals surface area contributed by atoms with Crippen LogP contribution in [0.4, 0.5) is 13.2 Å². The smallest absolute Gasteiger partial charge is 0.261 e. The molecular formula is C26H21F3N10. The molecule has 7 rings (SSSR count). The fourth-order valence-corrected chi connectivity index (χ4v) is 5.02. The summed E-state index contributed by atoms with van der Waals surface area (Å²) >= 11 is 0. The van der Waals surface area contributed by atoms with Gasteiger partial charge in [0.1, 0.15) is 16.9 Å². The summed E-state index contributed by atoms with van der Waals surface area (Å²) in [6.45, 7) is 2.18. The highest BCUT2D eigenvalue weighted by Crippen LogP contribution is 2.33. The number of aromatic amines is 2. The van der Waals surface area contributed by atoms with Crippen LogP contribution in [0.25, 0.3) is 50.5 Å². The van der Waals surface area contributed by atoms with Gasteiger partial charge < -0.3 is 9.55 Å². The second kappa shape index (κ2) is 8.70. The molecule has 0 spiro atoms. The SMILES string of the molecule is Cc1cn(-c2ccnc3[nH]c(-c4n[nH]c5cnc(-c6cncc(CN7CCC(F)(F)C7)c6)c(F)c45)nc23)cn1. The van der Waals surface area contributed by atoms with E-state index in [4.69, 9.17) is 4.98 Å². The van der Waals surface area contributed by atoms with Crippen molar-refractivity contribution in [3.63, 3.8) is 0 Å². The molecular weight excluding hydrogens is 509 g/mol. The van der Waals surface area contributed by atoms with E-state index in [2.05, 4.69) is 35.1 Å². The molecule has 0 aliphatic carbocycles. The Balaban J connectivity index is 1.28. The zero-order chi connectivity index (χ0) is 26.7. The number of alkyl halides is 2. The minimum absolute atomic E-state index is 0.0788. The Morgan fingerprint density at radius 1 is 1.10 bits per heavy atom. The highest BCUT2D eigenvalue weighted by atomic mass is 19.3. The van der Waals surface area contributed by atoms with Crippen LogP contribution < -0.4 is 0 Å². The molecule has 13 heteroatoms. The van der Waals surface area contributed by atoms with Crippen LogP contribution in [0.15, 0.2) is 49.4 Å². The molecule has 1 aliphatic heterocycles. The number of halogens is 3. The van der Waals surface area contributed by atoms with Crippen LogP contribution >= 0.6 is 0 Å². The van der Waals surface area contributed by atoms with Gasteiger partial charge in [-0.15, -0.1) is 0 Å². The maximum atomic E-state index is 16.0. The summed E-state index contributed by atoms with van der Waals surface area (Å²) in [5.41, 5.74) is 4.61. The maximum absolute atomic E-state index is 16.0. The van der Waals surface area contributed by atoms with Gasteiger partial charge in [-0.1, -0.05) is 0 Å². The number of nitrogens with one attached hydrogen (secondary N) is 2. The van der Waals surface area contributed by atoms with Crippen LogP contribution in [-0.4, -0.2) is 68.6 Å². The third-order valence-electron chi connectivity index (χ3n) is 6.85. The van der Waals surface area contributed by atoms with E-state index in [1.54, 1.807) is 29.7 Å². The van der Waals surface area contributed by atoms with E-state index in [9.17, 15) is 8.78 Å². The topological polar surface area (TPSA) is 117 Å². The highest BCUT2D eigenvalue weighted by Gasteiger charge is 2.38. The summed E-state index contributed by atoms with van der Waals surface area (Å²) < 4.78 is 45.1. The lowest BCUT2D eigenvalue weighted by Crippen LogP contribution is -2.24. The third-order valence-corrected chi connectivity index (χ3v) is 6.85. The number of hydrogen-bond acceptors (Lipinski definition) is 7. The predicted octanol–water partition coefficient (Wildman–Crippen LogP) is 4.43. The number of fused-ring (bicyclic) bond motifs is 2. The van der Waals surface area contributed by atoms with Crippen molar-refractivity contribution < 1.29 is 13.2 Å². The summed E-state index contributed by atoms with van der Waals surface area (Å²) in [5, 5.41) is 7.36. The van der Waals surface area contributed by atoms with Crippen molar-refractivity contribution in [3.8, 4) is 28.5 Å². The van der Waals surface area contributed by atoms with Crippen LogP contribution in [0.2, 0.25) is 0 Å². The van der Waals surface area contributed by atoms with Gasteiger partial charge in [0.2, 0.25) is 0 Å². The zero-order valence-electron chi connectivity index (χ0n) is 20.7. The molecule has 7 heterocycles. The van der Waals surface area contributed by atoms with Gasteiger partial charge in [-0.2, -0.15) is 5.10 Å². The number of rotatable bonds is 5. The second-order valence-corrected chi connectivity index (χ2v) is 9.72. The van der Waals surface area contributed by atoms with Crippen LogP contribution in [0.1, 0.15) is 17.7 Å². The van der Waals surface area contributed by atoms with E-state index in [0.29, 0.717) is 46.7 Å². The first-order chi connectivity index (χ1) is 18.8. The lowest BCUT2D eigenvalue weighted by molar-refractivity contribution is 0.0115. The Morgan fingerprint density at radius 2 is 2.00 bits per heavy atom. The number of nitrogens with zero attached hydrogens (tertiary/aromatic N) is 8. The molecule has 0 atom stereocenters. The van der Waals surface area contributed by atoms with Crippen molar-refractivity contribution in [2.45, 2.75) is 25.8 Å². The van der Waals surface area contributed by atoms with Crippen LogP contribution in [-0.2, 0) is 6.54 Å². The molecule has 1 fully saturated rings. The number of likely N-dealkylation sites (tertiary alicyclic amines) is 1. The molecule has 6 aromatic heterocycles. The third kappa shape index (κ3) is 4.11. The average molecular weight is 531 g/mol. The maximum Gasteiger partial charge on any atom is 0.261 e. The van der Waals surface area contributed by atoms with Gasteiger partial charge in [0.05, 0.1) is 41.4 Å². The fraction of sp³-hybridized carbons (Fsp3) is 0.231. The van der Waals surface area contributed by atoms with Crippen LogP contribution in [0.3, 0.4) is 0 Å². The Bertz CT molecular complexity index is 1850. The quantitative estimate of drug-likeness (QED) is 0.339. The first-order valence-electron chi connectivity index (χ1n) is 12.3. The summed E-state index contributed by atoms with van der Waals surface area (Å²) in [5.74, 6) is -2.95. The van der Waals surface area contributed by atoms with E-state index in [1.807, 2.05) is 23.8 Å². The van der Waals surface area contributed by atoms with E-state index < -0.39 is 11.7 Å². The van der Waals surface area contributed by atoms with E-state index in [1.165, 1.54) is 12.4 Å². The van der Waals surface area contributed by atoms with Crippen molar-refractivity contribution in [3.05, 3.63) is 66.5 Å². The number of pyridine rings is 3. The molecule has 0 aromatic carbocycles. The Morgan fingerprint density at radius 3 is 2.79 bits per heavy atom. The largest absolute Gasteiger partial charge is 0.321 e. The summed E-state index contributed by atoms with van der Waals surface area (Å²) in [6.07, 6.45) is 9.66. The second-order valence-electron chi connectivity index (χ2n) is 9.72. The van der Waals surface area contributed by atoms with Crippen molar-refractivity contribution in [2.24, 2.45) is 0 Å². The van der Waals surface area contributed by atoms with Crippen LogP contribution in [0.5, 0.6) is 0 Å². The van der Waals surface area contributed by atoms with E-state index in [0.717, 1.165) is 11.4 Å². The molecule has 0 saturated carbocycles. The Hall–Kier alpha value is -4.65. The Kier molecular flexibility index (Phi) is 5.23. The average Bonchev–Trinajstić information content (AvgIpc) is 3.70. The molecule has 10 nitrogen and oxygen atoms in total. The normalized spacial score (nSPS) is 15.6. The van der Waals surface area contributed by atoms with Crippen molar-refractivity contribution >= 4 is 22.1 Å². The number of aromatic nitrogens is 9. The molecule has 6 aromatic rings. The molecule has 0 radical (unpaired) electrons. The Labute approximate surface area is 219 Å². The minimum atomic E-state index is -2.69. The van der Waals surface area contributed by atoms with Gasteiger partial charge in [0, 0.05) is 49.9 Å². The molecule has 196 valence electrons. The monoisotopic (exact) mass is 530 g/mol. The van der Waals surface area contributed by atoms with Gasteiger partial charge in [-0.05, 0) is 24.6 Å². The van der Waals surface area contributed by atoms with Gasteiger partial charge in [0.25, 0.3) is 5.92 Å². The summed E-state index contributed by atoms with van der Waals surface area (Å²) in [6, 6.07) is 3.55. The van der Waals surface area contributed by atoms with Gasteiger partial charge >= 0.3 is 0 Å². The molecule has 0 amide bonds. The molecule has 1 aliphatic rings. The number of aryl methyl sites for hydroxylation is 1. The molecule has 0 unspecified atom stereocenters. The molecule has 1 saturated heterocycles. The zero-order valence-corrected chi connectivity index (χ0v) is 20.7. The molecule has 2 N–H and O–H groups in total. The fourth-order valence-electron chi connectivity index (χ4n) is 5.02. The van der Waals surface area contributed by atoms with Gasteiger partial charge in [-0.25, -0.2) is 28.1 Å². The number of imidazole rings is 2. The van der Waals surface area contributed by atoms with Crippen molar-refractivity contribution in [1.29, 1.82) is 0 Å². The minimum Gasteiger partial charge on any atom is -0.321 e. The van der Waals surface area contributed by atoms with Gasteiger partial charge in [0.15, 0.2) is 17.3 Å². The number of hydrogen-bond donors (Lipinski definition) is 2. The van der Waals surface area contributed by atoms with E-state index in [-0.39, 0.29) is 29.7 Å². The molecule has 0 bridgehead atoms. The van der Waals surface area contributed by atoms with E-state index >= 15 is 4.39 Å². The van der Waals surface area contributed by atoms with Crippen molar-refractivity contribution in [1.82, 2.24) is 49.6 Å². The standard InChI is InChI=1S/C26H21F3N10/c1-14-10-39(13-33-14)18-2-4-31-24-22(18)34-25(35-24)23-19-17(36-37-23)9-32-21(20(19)27)16-6-15(7-30-8-16)11-38-5-3-26(28,29)12-38/h2,4,6-10,13H,3,5,11-12H2,1H3,(H,36,37)(H,31,34,35). The highest BCUT2D eigenvalue weighted by molar-refractivity contribution is 5.95. The van der Waals surface area contributed by atoms with Gasteiger partial charge in [-0.3, -0.25) is 20.0 Å². The number of H-pyrrole nitrogens is 2. The summed E-state index contributed by atoms with van der Waals surface area (Å²) in [4.78, 5) is 26.7. The lowest BCUT2D eigenvalue weighted by atomic mass is 10.1. The first kappa shape index (κ1) is 23.5.